The Morgan fingerprint density at radius 3 is 2.81 bits per heavy atom. The Balaban J connectivity index is 2.32. The summed E-state index contributed by atoms with van der Waals surface area (Å²) in [6.07, 6.45) is 0.904. The lowest BCUT2D eigenvalue weighted by atomic mass is 10.1. The first-order valence-electron chi connectivity index (χ1n) is 6.90. The van der Waals surface area contributed by atoms with Crippen LogP contribution in [0.4, 0.5) is 0 Å². The molecule has 1 heterocycles. The molecule has 21 heavy (non-hydrogen) atoms. The first-order valence-corrected chi connectivity index (χ1v) is 9.13. The number of rotatable bonds is 6. The number of methoxy groups -OCH3 is 1. The van der Waals surface area contributed by atoms with Crippen LogP contribution in [0.5, 0.6) is 5.75 Å². The Morgan fingerprint density at radius 1 is 1.48 bits per heavy atom. The molecule has 1 atom stereocenters. The molecule has 0 aromatic heterocycles. The van der Waals surface area contributed by atoms with E-state index in [0.29, 0.717) is 36.5 Å². The van der Waals surface area contributed by atoms with Gasteiger partial charge in [-0.1, -0.05) is 22.9 Å². The van der Waals surface area contributed by atoms with Gasteiger partial charge in [-0.15, -0.1) is 0 Å². The van der Waals surface area contributed by atoms with E-state index >= 15 is 0 Å². The molecule has 118 valence electrons. The highest BCUT2D eigenvalue weighted by molar-refractivity contribution is 9.10. The van der Waals surface area contributed by atoms with Gasteiger partial charge >= 0.3 is 0 Å². The molecule has 7 heteroatoms. The zero-order chi connectivity index (χ0) is 15.5. The van der Waals surface area contributed by atoms with Crippen molar-refractivity contribution >= 4 is 26.0 Å². The minimum absolute atomic E-state index is 0.195. The predicted molar refractivity (Wildman–Crippen MR) is 84.1 cm³/mol. The van der Waals surface area contributed by atoms with E-state index < -0.39 is 10.0 Å². The number of halogens is 1. The largest absolute Gasteiger partial charge is 0.495 e. The zero-order valence-corrected chi connectivity index (χ0v) is 14.6. The maximum Gasteiger partial charge on any atom is 0.246 e. The van der Waals surface area contributed by atoms with Crippen molar-refractivity contribution < 1.29 is 17.9 Å². The number of ether oxygens (including phenoxy) is 2. The number of hydrogen-bond donors (Lipinski definition) is 0. The minimum atomic E-state index is -3.58. The van der Waals surface area contributed by atoms with Crippen molar-refractivity contribution in [1.82, 2.24) is 4.31 Å². The summed E-state index contributed by atoms with van der Waals surface area (Å²) in [5.41, 5.74) is 0. The Bertz CT molecular complexity index is 585. The summed E-state index contributed by atoms with van der Waals surface area (Å²) < 4.78 is 38.5. The molecule has 0 saturated carbocycles. The van der Waals surface area contributed by atoms with Crippen molar-refractivity contribution in [2.24, 2.45) is 5.92 Å². The van der Waals surface area contributed by atoms with Crippen LogP contribution in [0.1, 0.15) is 13.3 Å². The second-order valence-corrected chi connectivity index (χ2v) is 7.80. The zero-order valence-electron chi connectivity index (χ0n) is 12.2. The van der Waals surface area contributed by atoms with Crippen molar-refractivity contribution in [3.63, 3.8) is 0 Å². The van der Waals surface area contributed by atoms with Crippen LogP contribution in [0, 0.1) is 5.92 Å². The van der Waals surface area contributed by atoms with Crippen LogP contribution in [0.15, 0.2) is 27.6 Å². The number of hydrogen-bond acceptors (Lipinski definition) is 4. The summed E-state index contributed by atoms with van der Waals surface area (Å²) in [5, 5.41) is 0. The quantitative estimate of drug-likeness (QED) is 0.763. The molecule has 1 aliphatic rings. The summed E-state index contributed by atoms with van der Waals surface area (Å²) in [5.74, 6) is 0.622. The second-order valence-electron chi connectivity index (χ2n) is 4.98. The Kier molecular flexibility index (Phi) is 5.65. The van der Waals surface area contributed by atoms with E-state index in [9.17, 15) is 8.42 Å². The van der Waals surface area contributed by atoms with Crippen molar-refractivity contribution in [3.8, 4) is 5.75 Å². The summed E-state index contributed by atoms with van der Waals surface area (Å²) in [7, 11) is -2.11. The molecule has 1 unspecified atom stereocenters. The lowest BCUT2D eigenvalue weighted by Crippen LogP contribution is -2.35. The van der Waals surface area contributed by atoms with Gasteiger partial charge in [-0.3, -0.25) is 0 Å². The van der Waals surface area contributed by atoms with Crippen LogP contribution in [-0.2, 0) is 14.8 Å². The van der Waals surface area contributed by atoms with Gasteiger partial charge in [0, 0.05) is 24.2 Å². The first kappa shape index (κ1) is 16.7. The van der Waals surface area contributed by atoms with Crippen LogP contribution in [0.2, 0.25) is 0 Å². The lowest BCUT2D eigenvalue weighted by molar-refractivity contribution is 0.180. The fourth-order valence-electron chi connectivity index (χ4n) is 2.40. The summed E-state index contributed by atoms with van der Waals surface area (Å²) in [6, 6.07) is 5.00. The summed E-state index contributed by atoms with van der Waals surface area (Å²) >= 11 is 3.32. The average Bonchev–Trinajstić information content (AvgIpc) is 2.97. The van der Waals surface area contributed by atoms with Crippen LogP contribution in [-0.4, -0.2) is 46.1 Å². The van der Waals surface area contributed by atoms with Crippen molar-refractivity contribution in [1.29, 1.82) is 0 Å². The van der Waals surface area contributed by atoms with Crippen molar-refractivity contribution in [3.05, 3.63) is 22.7 Å². The highest BCUT2D eigenvalue weighted by atomic mass is 79.9. The smallest absolute Gasteiger partial charge is 0.246 e. The van der Waals surface area contributed by atoms with Gasteiger partial charge in [0.15, 0.2) is 0 Å². The van der Waals surface area contributed by atoms with Gasteiger partial charge in [-0.25, -0.2) is 8.42 Å². The molecule has 1 saturated heterocycles. The topological polar surface area (TPSA) is 55.8 Å². The molecular formula is C14H20BrNO4S. The van der Waals surface area contributed by atoms with Gasteiger partial charge in [0.25, 0.3) is 0 Å². The molecule has 0 radical (unpaired) electrons. The van der Waals surface area contributed by atoms with Gasteiger partial charge < -0.3 is 9.47 Å². The number of sulfonamides is 1. The molecule has 1 aromatic carbocycles. The van der Waals surface area contributed by atoms with E-state index in [-0.39, 0.29) is 10.8 Å². The van der Waals surface area contributed by atoms with Gasteiger partial charge in [-0.05, 0) is 30.5 Å². The highest BCUT2D eigenvalue weighted by Crippen LogP contribution is 2.30. The van der Waals surface area contributed by atoms with Crippen LogP contribution >= 0.6 is 15.9 Å². The minimum Gasteiger partial charge on any atom is -0.495 e. The Morgan fingerprint density at radius 2 is 2.24 bits per heavy atom. The van der Waals surface area contributed by atoms with Crippen LogP contribution in [0.25, 0.3) is 0 Å². The molecule has 2 rings (SSSR count). The SMILES string of the molecule is CCN(CC1CCOC1)S(=O)(=O)c1cc(Br)ccc1OC. The third-order valence-electron chi connectivity index (χ3n) is 3.58. The third kappa shape index (κ3) is 3.77. The van der Waals surface area contributed by atoms with E-state index in [1.807, 2.05) is 6.92 Å². The standard InChI is InChI=1S/C14H20BrNO4S/c1-3-16(9-11-6-7-20-10-11)21(17,18)14-8-12(15)4-5-13(14)19-2/h4-5,8,11H,3,6-7,9-10H2,1-2H3. The normalized spacial score (nSPS) is 19.1. The molecule has 1 fully saturated rings. The fraction of sp³-hybridized carbons (Fsp3) is 0.571. The van der Waals surface area contributed by atoms with Gasteiger partial charge in [0.05, 0.1) is 13.7 Å². The van der Waals surface area contributed by atoms with E-state index in [2.05, 4.69) is 15.9 Å². The molecular weight excluding hydrogens is 358 g/mol. The molecule has 0 aliphatic carbocycles. The summed E-state index contributed by atoms with van der Waals surface area (Å²) in [4.78, 5) is 0.195. The van der Waals surface area contributed by atoms with Crippen LogP contribution < -0.4 is 4.74 Å². The molecule has 0 amide bonds. The van der Waals surface area contributed by atoms with E-state index in [4.69, 9.17) is 9.47 Å². The van der Waals surface area contributed by atoms with Gasteiger partial charge in [0.2, 0.25) is 10.0 Å². The molecule has 5 nitrogen and oxygen atoms in total. The van der Waals surface area contributed by atoms with Gasteiger partial charge in [-0.2, -0.15) is 4.31 Å². The Labute approximate surface area is 134 Å². The average molecular weight is 378 g/mol. The second kappa shape index (κ2) is 7.09. The maximum absolute atomic E-state index is 12.9. The highest BCUT2D eigenvalue weighted by Gasteiger charge is 2.30. The molecule has 1 aliphatic heterocycles. The molecule has 0 spiro atoms. The maximum atomic E-state index is 12.9. The Hall–Kier alpha value is -0.630. The fourth-order valence-corrected chi connectivity index (χ4v) is 4.62. The molecule has 0 N–H and O–H groups in total. The van der Waals surface area contributed by atoms with E-state index in [1.54, 1.807) is 18.2 Å². The van der Waals surface area contributed by atoms with E-state index in [1.165, 1.54) is 11.4 Å². The monoisotopic (exact) mass is 377 g/mol. The predicted octanol–water partition coefficient (Wildman–Crippen LogP) is 2.50. The van der Waals surface area contributed by atoms with E-state index in [0.717, 1.165) is 6.42 Å². The molecule has 1 aromatic rings. The third-order valence-corrected chi connectivity index (χ3v) is 6.04. The number of benzene rings is 1. The summed E-state index contributed by atoms with van der Waals surface area (Å²) in [6.45, 7) is 4.09. The molecule has 0 bridgehead atoms. The lowest BCUT2D eigenvalue weighted by Gasteiger charge is -2.24. The first-order chi connectivity index (χ1) is 9.98. The van der Waals surface area contributed by atoms with Crippen molar-refractivity contribution in [2.75, 3.05) is 33.4 Å². The van der Waals surface area contributed by atoms with Crippen LogP contribution in [0.3, 0.4) is 0 Å². The van der Waals surface area contributed by atoms with Gasteiger partial charge in [0.1, 0.15) is 10.6 Å². The van der Waals surface area contributed by atoms with Crippen molar-refractivity contribution in [2.45, 2.75) is 18.2 Å². The number of nitrogens with zero attached hydrogens (tertiary/aromatic N) is 1.